The highest BCUT2D eigenvalue weighted by Crippen LogP contribution is 2.22. The average molecular weight is 340 g/mol. The lowest BCUT2D eigenvalue weighted by atomic mass is 10.2. The lowest BCUT2D eigenvalue weighted by Crippen LogP contribution is -2.29. The zero-order chi connectivity index (χ0) is 17.5. The molecule has 0 aromatic heterocycles. The van der Waals surface area contributed by atoms with Crippen LogP contribution < -0.4 is 10.2 Å². The third-order valence-electron chi connectivity index (χ3n) is 3.89. The van der Waals surface area contributed by atoms with Crippen LogP contribution in [0.5, 0.6) is 0 Å². The quantitative estimate of drug-likeness (QED) is 0.876. The first kappa shape index (κ1) is 16.8. The number of benzene rings is 2. The van der Waals surface area contributed by atoms with Gasteiger partial charge in [-0.2, -0.15) is 0 Å². The second-order valence-electron chi connectivity index (χ2n) is 5.73. The van der Waals surface area contributed by atoms with Gasteiger partial charge in [0, 0.05) is 18.7 Å². The highest BCUT2D eigenvalue weighted by atomic mass is 16.6. The van der Waals surface area contributed by atoms with E-state index in [0.29, 0.717) is 19.5 Å². The Labute approximate surface area is 146 Å². The molecule has 25 heavy (non-hydrogen) atoms. The van der Waals surface area contributed by atoms with E-state index in [4.69, 9.17) is 9.47 Å². The number of ether oxygens (including phenoxy) is 2. The molecular formula is C19H20N2O4. The fraction of sp³-hybridized carbons (Fsp3) is 0.263. The van der Waals surface area contributed by atoms with Crippen molar-refractivity contribution in [2.75, 3.05) is 18.0 Å². The molecule has 1 fully saturated rings. The maximum atomic E-state index is 11.9. The summed E-state index contributed by atoms with van der Waals surface area (Å²) < 4.78 is 10.5. The van der Waals surface area contributed by atoms with Crippen LogP contribution in [0, 0.1) is 0 Å². The smallest absolute Gasteiger partial charge is 0.414 e. The highest BCUT2D eigenvalue weighted by molar-refractivity contribution is 5.89. The Hall–Kier alpha value is -3.02. The van der Waals surface area contributed by atoms with Crippen LogP contribution in [0.3, 0.4) is 0 Å². The molecule has 2 amide bonds. The van der Waals surface area contributed by atoms with Crippen LogP contribution >= 0.6 is 0 Å². The lowest BCUT2D eigenvalue weighted by molar-refractivity contribution is 0.129. The molecule has 1 heterocycles. The van der Waals surface area contributed by atoms with Gasteiger partial charge in [-0.3, -0.25) is 4.90 Å². The summed E-state index contributed by atoms with van der Waals surface area (Å²) in [5, 5.41) is 2.68. The first-order valence-electron chi connectivity index (χ1n) is 8.20. The standard InChI is InChI=1S/C19H20N2O4/c22-18(24-14-15-7-3-1-4-8-15)20-12-11-17-13-21(19(23)25-17)16-9-5-2-6-10-16/h1-10,17H,11-14H2,(H,20,22). The molecule has 1 N–H and O–H groups in total. The number of hydrogen-bond donors (Lipinski definition) is 1. The lowest BCUT2D eigenvalue weighted by Gasteiger charge is -2.12. The molecule has 0 radical (unpaired) electrons. The first-order chi connectivity index (χ1) is 12.2. The van der Waals surface area contributed by atoms with Crippen molar-refractivity contribution in [3.63, 3.8) is 0 Å². The molecule has 0 bridgehead atoms. The van der Waals surface area contributed by atoms with Crippen molar-refractivity contribution in [3.8, 4) is 0 Å². The summed E-state index contributed by atoms with van der Waals surface area (Å²) in [5.41, 5.74) is 1.74. The van der Waals surface area contributed by atoms with Gasteiger partial charge in [-0.1, -0.05) is 48.5 Å². The van der Waals surface area contributed by atoms with Crippen LogP contribution in [-0.2, 0) is 16.1 Å². The van der Waals surface area contributed by atoms with Crippen molar-refractivity contribution in [1.82, 2.24) is 5.32 Å². The van der Waals surface area contributed by atoms with Crippen molar-refractivity contribution >= 4 is 17.9 Å². The summed E-state index contributed by atoms with van der Waals surface area (Å²) in [6, 6.07) is 18.9. The van der Waals surface area contributed by atoms with E-state index in [-0.39, 0.29) is 18.8 Å². The van der Waals surface area contributed by atoms with Gasteiger partial charge >= 0.3 is 12.2 Å². The SMILES string of the molecule is O=C(NCCC1CN(c2ccccc2)C(=O)O1)OCc1ccccc1. The second-order valence-corrected chi connectivity index (χ2v) is 5.73. The zero-order valence-corrected chi connectivity index (χ0v) is 13.8. The maximum Gasteiger partial charge on any atom is 0.414 e. The van der Waals surface area contributed by atoms with Crippen LogP contribution in [0.4, 0.5) is 15.3 Å². The van der Waals surface area contributed by atoms with Crippen molar-refractivity contribution < 1.29 is 19.1 Å². The number of nitrogens with zero attached hydrogens (tertiary/aromatic N) is 1. The Morgan fingerprint density at radius 1 is 1.12 bits per heavy atom. The predicted molar refractivity (Wildman–Crippen MR) is 93.3 cm³/mol. The molecule has 1 unspecified atom stereocenters. The van der Waals surface area contributed by atoms with Gasteiger partial charge in [0.05, 0.1) is 6.54 Å². The Kier molecular flexibility index (Phi) is 5.51. The molecule has 6 nitrogen and oxygen atoms in total. The Bertz CT molecular complexity index is 706. The molecule has 1 atom stereocenters. The van der Waals surface area contributed by atoms with E-state index in [1.54, 1.807) is 4.90 Å². The summed E-state index contributed by atoms with van der Waals surface area (Å²) in [6.07, 6.45) is -0.548. The van der Waals surface area contributed by atoms with Gasteiger partial charge in [0.25, 0.3) is 0 Å². The topological polar surface area (TPSA) is 67.9 Å². The van der Waals surface area contributed by atoms with Crippen LogP contribution in [0.2, 0.25) is 0 Å². The second kappa shape index (κ2) is 8.19. The minimum atomic E-state index is -0.479. The van der Waals surface area contributed by atoms with Crippen LogP contribution in [-0.4, -0.2) is 31.4 Å². The van der Waals surface area contributed by atoms with E-state index in [1.807, 2.05) is 60.7 Å². The van der Waals surface area contributed by atoms with Gasteiger partial charge in [-0.05, 0) is 17.7 Å². The van der Waals surface area contributed by atoms with E-state index >= 15 is 0 Å². The van der Waals surface area contributed by atoms with Crippen molar-refractivity contribution in [2.45, 2.75) is 19.1 Å². The Balaban J connectivity index is 1.38. The van der Waals surface area contributed by atoms with E-state index in [2.05, 4.69) is 5.32 Å². The minimum Gasteiger partial charge on any atom is -0.445 e. The highest BCUT2D eigenvalue weighted by Gasteiger charge is 2.31. The van der Waals surface area contributed by atoms with Crippen LogP contribution in [0.1, 0.15) is 12.0 Å². The summed E-state index contributed by atoms with van der Waals surface area (Å²) in [6.45, 7) is 1.09. The number of alkyl carbamates (subject to hydrolysis) is 1. The summed E-state index contributed by atoms with van der Waals surface area (Å²) in [4.78, 5) is 25.2. The van der Waals surface area contributed by atoms with Crippen molar-refractivity contribution in [1.29, 1.82) is 0 Å². The fourth-order valence-corrected chi connectivity index (χ4v) is 2.60. The summed E-state index contributed by atoms with van der Waals surface area (Å²) in [7, 11) is 0. The molecule has 1 aliphatic rings. The number of carbonyl (C=O) groups is 2. The number of anilines is 1. The molecule has 0 spiro atoms. The first-order valence-corrected chi connectivity index (χ1v) is 8.20. The van der Waals surface area contributed by atoms with Crippen molar-refractivity contribution in [3.05, 3.63) is 66.2 Å². The molecule has 3 rings (SSSR count). The average Bonchev–Trinajstić information content (AvgIpc) is 3.02. The van der Waals surface area contributed by atoms with Gasteiger partial charge in [-0.25, -0.2) is 9.59 Å². The van der Waals surface area contributed by atoms with E-state index in [1.165, 1.54) is 0 Å². The van der Waals surface area contributed by atoms with E-state index in [9.17, 15) is 9.59 Å². The van der Waals surface area contributed by atoms with E-state index in [0.717, 1.165) is 11.3 Å². The van der Waals surface area contributed by atoms with Crippen LogP contribution in [0.25, 0.3) is 0 Å². The van der Waals surface area contributed by atoms with Gasteiger partial charge in [0.15, 0.2) is 0 Å². The summed E-state index contributed by atoms with van der Waals surface area (Å²) >= 11 is 0. The molecule has 0 saturated carbocycles. The van der Waals surface area contributed by atoms with Crippen molar-refractivity contribution in [2.24, 2.45) is 0 Å². The molecule has 2 aromatic carbocycles. The van der Waals surface area contributed by atoms with Gasteiger partial charge in [0.1, 0.15) is 12.7 Å². The van der Waals surface area contributed by atoms with Gasteiger partial charge < -0.3 is 14.8 Å². The van der Waals surface area contributed by atoms with Gasteiger partial charge in [0.2, 0.25) is 0 Å². The maximum absolute atomic E-state index is 11.9. The molecule has 1 saturated heterocycles. The Morgan fingerprint density at radius 2 is 1.80 bits per heavy atom. The Morgan fingerprint density at radius 3 is 2.52 bits per heavy atom. The number of amides is 2. The monoisotopic (exact) mass is 340 g/mol. The molecule has 130 valence electrons. The molecule has 1 aliphatic heterocycles. The third-order valence-corrected chi connectivity index (χ3v) is 3.89. The number of carbonyl (C=O) groups excluding carboxylic acids is 2. The summed E-state index contributed by atoms with van der Waals surface area (Å²) in [5.74, 6) is 0. The van der Waals surface area contributed by atoms with Crippen LogP contribution in [0.15, 0.2) is 60.7 Å². The molecule has 2 aromatic rings. The van der Waals surface area contributed by atoms with Gasteiger partial charge in [-0.15, -0.1) is 0 Å². The number of para-hydroxylation sites is 1. The number of cyclic esters (lactones) is 1. The van der Waals surface area contributed by atoms with E-state index < -0.39 is 6.09 Å². The molecule has 0 aliphatic carbocycles. The molecular weight excluding hydrogens is 320 g/mol. The normalized spacial score (nSPS) is 16.4. The fourth-order valence-electron chi connectivity index (χ4n) is 2.60. The molecule has 6 heteroatoms. The third kappa shape index (κ3) is 4.73. The predicted octanol–water partition coefficient (Wildman–Crippen LogP) is 3.33. The zero-order valence-electron chi connectivity index (χ0n) is 13.8. The number of hydrogen-bond acceptors (Lipinski definition) is 4. The minimum absolute atomic E-state index is 0.229. The largest absolute Gasteiger partial charge is 0.445 e. The number of rotatable bonds is 6. The number of nitrogens with one attached hydrogen (secondary N) is 1.